The molecule has 9 nitrogen and oxygen atoms in total. The number of benzene rings is 1. The molecular weight excluding hydrogens is 486 g/mol. The number of ether oxygens (including phenoxy) is 1. The van der Waals surface area contributed by atoms with Crippen LogP contribution in [-0.2, 0) is 28.0 Å². The van der Waals surface area contributed by atoms with E-state index in [1.807, 2.05) is 0 Å². The minimum atomic E-state index is -5.01. The first-order valence-electron chi connectivity index (χ1n) is 8.63. The Morgan fingerprint density at radius 2 is 1.81 bits per heavy atom. The van der Waals surface area contributed by atoms with Crippen molar-refractivity contribution in [1.29, 1.82) is 0 Å². The van der Waals surface area contributed by atoms with E-state index in [0.717, 1.165) is 13.1 Å². The maximum atomic E-state index is 14.4. The number of alkyl halides is 3. The van der Waals surface area contributed by atoms with Crippen LogP contribution < -0.4 is 20.7 Å². The molecule has 0 radical (unpaired) electrons. The van der Waals surface area contributed by atoms with Crippen molar-refractivity contribution in [2.45, 2.75) is 25.3 Å². The van der Waals surface area contributed by atoms with E-state index in [1.54, 1.807) is 4.72 Å². The molecule has 0 saturated heterocycles. The number of carbonyl (C=O) groups is 1. The summed E-state index contributed by atoms with van der Waals surface area (Å²) in [5.41, 5.74) is -5.32. The summed E-state index contributed by atoms with van der Waals surface area (Å²) in [4.78, 5) is 36.3. The summed E-state index contributed by atoms with van der Waals surface area (Å²) in [6, 6.07) is 1.44. The van der Waals surface area contributed by atoms with Gasteiger partial charge in [-0.3, -0.25) is 14.2 Å². The number of nitrogens with one attached hydrogen (secondary N) is 1. The van der Waals surface area contributed by atoms with E-state index < -0.39 is 73.2 Å². The molecule has 1 N–H and O–H groups in total. The molecule has 15 heteroatoms. The van der Waals surface area contributed by atoms with E-state index in [0.29, 0.717) is 6.07 Å². The average Bonchev–Trinajstić information content (AvgIpc) is 2.64. The van der Waals surface area contributed by atoms with Crippen LogP contribution in [0.5, 0.6) is 5.75 Å². The minimum absolute atomic E-state index is 0.111. The van der Waals surface area contributed by atoms with Crippen molar-refractivity contribution in [3.63, 3.8) is 0 Å². The maximum Gasteiger partial charge on any atom is 0.431 e. The number of nitrogens with zero attached hydrogens (tertiary/aromatic N) is 2. The van der Waals surface area contributed by atoms with Crippen LogP contribution in [0, 0.1) is 5.82 Å². The number of sulfonamides is 1. The predicted octanol–water partition coefficient (Wildman–Crippen LogP) is 1.58. The van der Waals surface area contributed by atoms with Crippen LogP contribution in [0.3, 0.4) is 0 Å². The van der Waals surface area contributed by atoms with Crippen LogP contribution in [-0.4, -0.2) is 35.3 Å². The molecule has 0 unspecified atom stereocenters. The van der Waals surface area contributed by atoms with Gasteiger partial charge in [-0.15, -0.1) is 0 Å². The number of carbonyl (C=O) groups excluding carboxylic acids is 1. The van der Waals surface area contributed by atoms with Crippen molar-refractivity contribution in [3.05, 3.63) is 55.6 Å². The monoisotopic (exact) mass is 501 g/mol. The van der Waals surface area contributed by atoms with Crippen molar-refractivity contribution >= 4 is 27.5 Å². The third kappa shape index (κ3) is 5.30. The Balaban J connectivity index is 2.47. The summed E-state index contributed by atoms with van der Waals surface area (Å²) in [6.45, 7) is 1.75. The number of rotatable bonds is 6. The van der Waals surface area contributed by atoms with Gasteiger partial charge in [0.15, 0.2) is 6.61 Å². The normalized spacial score (nSPS) is 12.2. The number of aromatic nitrogens is 2. The zero-order valence-corrected chi connectivity index (χ0v) is 18.2. The second-order valence-electron chi connectivity index (χ2n) is 6.68. The lowest BCUT2D eigenvalue weighted by molar-refractivity contribution is -0.144. The third-order valence-electron chi connectivity index (χ3n) is 4.09. The van der Waals surface area contributed by atoms with E-state index in [2.05, 4.69) is 0 Å². The molecule has 0 saturated carbocycles. The molecule has 1 aromatic carbocycles. The van der Waals surface area contributed by atoms with Crippen molar-refractivity contribution in [2.75, 3.05) is 6.61 Å². The highest BCUT2D eigenvalue weighted by Gasteiger charge is 2.35. The fourth-order valence-corrected chi connectivity index (χ4v) is 3.19. The highest BCUT2D eigenvalue weighted by molar-refractivity contribution is 7.90. The summed E-state index contributed by atoms with van der Waals surface area (Å²) in [5.74, 6) is -2.77. The molecule has 0 aliphatic rings. The Bertz CT molecular complexity index is 1280. The molecule has 1 amide bonds. The van der Waals surface area contributed by atoms with Crippen molar-refractivity contribution in [1.82, 2.24) is 13.9 Å². The molecule has 0 aliphatic heterocycles. The van der Waals surface area contributed by atoms with E-state index in [9.17, 15) is 40.4 Å². The van der Waals surface area contributed by atoms with Gasteiger partial charge in [-0.25, -0.2) is 26.9 Å². The Labute approximate surface area is 183 Å². The molecule has 176 valence electrons. The average molecular weight is 502 g/mol. The van der Waals surface area contributed by atoms with E-state index in [4.69, 9.17) is 16.3 Å². The Kier molecular flexibility index (Phi) is 7.09. The lowest BCUT2D eigenvalue weighted by atomic mass is 10.2. The molecule has 2 rings (SSSR count). The predicted molar refractivity (Wildman–Crippen MR) is 105 cm³/mol. The number of hydrogen-bond acceptors (Lipinski definition) is 6. The first-order valence-corrected chi connectivity index (χ1v) is 10.6. The van der Waals surface area contributed by atoms with Crippen molar-refractivity contribution in [3.8, 4) is 11.4 Å². The molecule has 1 aromatic heterocycles. The summed E-state index contributed by atoms with van der Waals surface area (Å²) in [5, 5.41) is -1.34. The lowest BCUT2D eigenvalue weighted by Gasteiger charge is -2.15. The minimum Gasteiger partial charge on any atom is -0.482 e. The largest absolute Gasteiger partial charge is 0.482 e. The molecule has 0 aliphatic carbocycles. The quantitative estimate of drug-likeness (QED) is 0.601. The summed E-state index contributed by atoms with van der Waals surface area (Å²) < 4.78 is 83.8. The number of hydrogen-bond donors (Lipinski definition) is 1. The Morgan fingerprint density at radius 1 is 1.22 bits per heavy atom. The van der Waals surface area contributed by atoms with Crippen LogP contribution in [0.2, 0.25) is 5.02 Å². The number of halogens is 5. The van der Waals surface area contributed by atoms with Gasteiger partial charge in [0.2, 0.25) is 10.0 Å². The van der Waals surface area contributed by atoms with Crippen molar-refractivity contribution in [2.24, 2.45) is 7.05 Å². The van der Waals surface area contributed by atoms with Crippen LogP contribution in [0.4, 0.5) is 17.6 Å². The maximum absolute atomic E-state index is 14.4. The zero-order valence-electron chi connectivity index (χ0n) is 16.7. The van der Waals surface area contributed by atoms with Gasteiger partial charge in [-0.05, 0) is 19.9 Å². The first-order chi connectivity index (χ1) is 14.6. The highest BCUT2D eigenvalue weighted by Crippen LogP contribution is 2.30. The molecular formula is C17H16ClF4N3O6S. The first kappa shape index (κ1) is 25.4. The fourth-order valence-electron chi connectivity index (χ4n) is 2.37. The summed E-state index contributed by atoms with van der Waals surface area (Å²) in [6.07, 6.45) is -5.01. The molecule has 32 heavy (non-hydrogen) atoms. The van der Waals surface area contributed by atoms with E-state index in [-0.39, 0.29) is 15.2 Å². The third-order valence-corrected chi connectivity index (χ3v) is 6.14. The van der Waals surface area contributed by atoms with Gasteiger partial charge in [0.05, 0.1) is 16.0 Å². The van der Waals surface area contributed by atoms with Crippen molar-refractivity contribution < 1.29 is 35.5 Å². The van der Waals surface area contributed by atoms with Gasteiger partial charge in [0, 0.05) is 19.2 Å². The SMILES string of the molecule is CC(C)S(=O)(=O)NC(=O)COc1cc(-n2c(=O)cc(C(F)(F)F)n(C)c2=O)c(F)cc1Cl. The Hall–Kier alpha value is -2.87. The smallest absolute Gasteiger partial charge is 0.431 e. The van der Waals surface area contributed by atoms with Crippen LogP contribution >= 0.6 is 11.6 Å². The number of amides is 1. The second-order valence-corrected chi connectivity index (χ2v) is 9.33. The van der Waals surface area contributed by atoms with Crippen LogP contribution in [0.1, 0.15) is 19.5 Å². The standard InChI is InChI=1S/C17H16ClF4N3O6S/c1-8(2)32(29,30)23-14(26)7-31-12-5-11(10(19)4-9(12)18)25-15(27)6-13(17(20,21)22)24(3)16(25)28/h4-6,8H,7H2,1-3H3,(H,23,26). The molecule has 2 aromatic rings. The van der Waals surface area contributed by atoms with Gasteiger partial charge in [0.1, 0.15) is 17.3 Å². The second kappa shape index (κ2) is 8.94. The van der Waals surface area contributed by atoms with Gasteiger partial charge >= 0.3 is 11.9 Å². The summed E-state index contributed by atoms with van der Waals surface area (Å²) >= 11 is 5.82. The van der Waals surface area contributed by atoms with E-state index in [1.165, 1.54) is 13.8 Å². The van der Waals surface area contributed by atoms with E-state index >= 15 is 0 Å². The summed E-state index contributed by atoms with van der Waals surface area (Å²) in [7, 11) is -3.21. The van der Waals surface area contributed by atoms with Gasteiger partial charge in [-0.2, -0.15) is 13.2 Å². The van der Waals surface area contributed by atoms with Gasteiger partial charge in [0.25, 0.3) is 11.5 Å². The fraction of sp³-hybridized carbons (Fsp3) is 0.353. The molecule has 0 atom stereocenters. The van der Waals surface area contributed by atoms with Crippen LogP contribution in [0.25, 0.3) is 5.69 Å². The zero-order chi connectivity index (χ0) is 24.6. The van der Waals surface area contributed by atoms with Crippen LogP contribution in [0.15, 0.2) is 27.8 Å². The Morgan fingerprint density at radius 3 is 2.34 bits per heavy atom. The topological polar surface area (TPSA) is 116 Å². The lowest BCUT2D eigenvalue weighted by Crippen LogP contribution is -2.41. The molecule has 0 fully saturated rings. The van der Waals surface area contributed by atoms with Gasteiger partial charge in [-0.1, -0.05) is 11.6 Å². The molecule has 0 bridgehead atoms. The molecule has 1 heterocycles. The van der Waals surface area contributed by atoms with Gasteiger partial charge < -0.3 is 4.74 Å². The highest BCUT2D eigenvalue weighted by atomic mass is 35.5. The molecule has 0 spiro atoms.